The van der Waals surface area contributed by atoms with E-state index in [1.165, 1.54) is 0 Å². The SMILES string of the molecule is COc1ccc(Nc2ccnc(C(=O)NCc3ccccc3Cl)c2)cc1. The zero-order valence-corrected chi connectivity index (χ0v) is 15.0. The van der Waals surface area contributed by atoms with Crippen LogP contribution in [0.5, 0.6) is 5.75 Å². The summed E-state index contributed by atoms with van der Waals surface area (Å²) in [4.78, 5) is 16.5. The number of ether oxygens (including phenoxy) is 1. The van der Waals surface area contributed by atoms with Crippen molar-refractivity contribution in [3.63, 3.8) is 0 Å². The van der Waals surface area contributed by atoms with Gasteiger partial charge in [-0.05, 0) is 48.0 Å². The topological polar surface area (TPSA) is 63.2 Å². The average molecular weight is 368 g/mol. The van der Waals surface area contributed by atoms with E-state index in [0.29, 0.717) is 17.3 Å². The number of benzene rings is 2. The summed E-state index contributed by atoms with van der Waals surface area (Å²) in [5, 5.41) is 6.69. The number of hydrogen-bond acceptors (Lipinski definition) is 4. The van der Waals surface area contributed by atoms with Gasteiger partial charge in [-0.25, -0.2) is 0 Å². The molecular weight excluding hydrogens is 350 g/mol. The summed E-state index contributed by atoms with van der Waals surface area (Å²) in [5.41, 5.74) is 2.85. The minimum absolute atomic E-state index is 0.261. The van der Waals surface area contributed by atoms with E-state index in [9.17, 15) is 4.79 Å². The van der Waals surface area contributed by atoms with Crippen LogP contribution < -0.4 is 15.4 Å². The monoisotopic (exact) mass is 367 g/mol. The maximum atomic E-state index is 12.4. The molecule has 1 heterocycles. The van der Waals surface area contributed by atoms with Crippen LogP contribution in [0.2, 0.25) is 5.02 Å². The zero-order valence-electron chi connectivity index (χ0n) is 14.2. The fraction of sp³-hybridized carbons (Fsp3) is 0.100. The fourth-order valence-corrected chi connectivity index (χ4v) is 2.58. The van der Waals surface area contributed by atoms with E-state index < -0.39 is 0 Å². The van der Waals surface area contributed by atoms with E-state index in [2.05, 4.69) is 15.6 Å². The number of hydrogen-bond donors (Lipinski definition) is 2. The van der Waals surface area contributed by atoms with E-state index in [-0.39, 0.29) is 5.91 Å². The van der Waals surface area contributed by atoms with Crippen LogP contribution in [0, 0.1) is 0 Å². The Morgan fingerprint density at radius 3 is 2.58 bits per heavy atom. The smallest absolute Gasteiger partial charge is 0.270 e. The Hall–Kier alpha value is -3.05. The van der Waals surface area contributed by atoms with Crippen LogP contribution in [-0.4, -0.2) is 18.0 Å². The summed E-state index contributed by atoms with van der Waals surface area (Å²) in [6, 6.07) is 18.4. The van der Waals surface area contributed by atoms with E-state index in [4.69, 9.17) is 16.3 Å². The van der Waals surface area contributed by atoms with E-state index in [1.54, 1.807) is 31.5 Å². The Morgan fingerprint density at radius 2 is 1.85 bits per heavy atom. The van der Waals surface area contributed by atoms with Crippen molar-refractivity contribution in [1.82, 2.24) is 10.3 Å². The second-order valence-corrected chi connectivity index (χ2v) is 5.96. The van der Waals surface area contributed by atoms with Crippen LogP contribution in [-0.2, 0) is 6.54 Å². The van der Waals surface area contributed by atoms with Gasteiger partial charge in [0.05, 0.1) is 7.11 Å². The predicted molar refractivity (Wildman–Crippen MR) is 103 cm³/mol. The lowest BCUT2D eigenvalue weighted by Gasteiger charge is -2.10. The number of nitrogens with one attached hydrogen (secondary N) is 2. The first kappa shape index (κ1) is 17.8. The number of nitrogens with zero attached hydrogens (tertiary/aromatic N) is 1. The largest absolute Gasteiger partial charge is 0.497 e. The number of carbonyl (C=O) groups excluding carboxylic acids is 1. The number of rotatable bonds is 6. The highest BCUT2D eigenvalue weighted by molar-refractivity contribution is 6.31. The number of halogens is 1. The molecule has 0 saturated carbocycles. The third-order valence-electron chi connectivity index (χ3n) is 3.77. The van der Waals surface area contributed by atoms with Gasteiger partial charge in [-0.15, -0.1) is 0 Å². The molecule has 0 bridgehead atoms. The maximum Gasteiger partial charge on any atom is 0.270 e. The van der Waals surface area contributed by atoms with Gasteiger partial charge in [0.1, 0.15) is 11.4 Å². The van der Waals surface area contributed by atoms with Gasteiger partial charge in [-0.3, -0.25) is 9.78 Å². The molecule has 1 aromatic heterocycles. The molecule has 2 aromatic carbocycles. The van der Waals surface area contributed by atoms with Gasteiger partial charge in [0.15, 0.2) is 0 Å². The van der Waals surface area contributed by atoms with Crippen molar-refractivity contribution in [2.45, 2.75) is 6.54 Å². The number of carbonyl (C=O) groups is 1. The van der Waals surface area contributed by atoms with Crippen molar-refractivity contribution in [3.8, 4) is 5.75 Å². The highest BCUT2D eigenvalue weighted by Gasteiger charge is 2.09. The molecule has 132 valence electrons. The predicted octanol–water partition coefficient (Wildman–Crippen LogP) is 4.42. The van der Waals surface area contributed by atoms with Crippen LogP contribution in [0.15, 0.2) is 66.9 Å². The number of methoxy groups -OCH3 is 1. The van der Waals surface area contributed by atoms with E-state index >= 15 is 0 Å². The molecule has 0 radical (unpaired) electrons. The summed E-state index contributed by atoms with van der Waals surface area (Å²) in [6.45, 7) is 0.344. The number of aromatic nitrogens is 1. The Balaban J connectivity index is 1.66. The quantitative estimate of drug-likeness (QED) is 0.677. The summed E-state index contributed by atoms with van der Waals surface area (Å²) >= 11 is 6.10. The fourth-order valence-electron chi connectivity index (χ4n) is 2.38. The van der Waals surface area contributed by atoms with Crippen LogP contribution in [0.1, 0.15) is 16.1 Å². The number of pyridine rings is 1. The Kier molecular flexibility index (Phi) is 5.71. The lowest BCUT2D eigenvalue weighted by molar-refractivity contribution is 0.0946. The van der Waals surface area contributed by atoms with E-state index in [1.807, 2.05) is 42.5 Å². The van der Waals surface area contributed by atoms with Crippen LogP contribution in [0.25, 0.3) is 0 Å². The second kappa shape index (κ2) is 8.36. The van der Waals surface area contributed by atoms with Crippen molar-refractivity contribution in [1.29, 1.82) is 0 Å². The first-order valence-corrected chi connectivity index (χ1v) is 8.42. The van der Waals surface area contributed by atoms with Crippen molar-refractivity contribution >= 4 is 28.9 Å². The molecule has 1 amide bonds. The molecule has 0 saturated heterocycles. The standard InChI is InChI=1S/C20H18ClN3O2/c1-26-17-8-6-15(7-9-17)24-16-10-11-22-19(12-16)20(25)23-13-14-4-2-3-5-18(14)21/h2-12H,13H2,1H3,(H,22,24)(H,23,25). The molecule has 0 aliphatic heterocycles. The van der Waals surface area contributed by atoms with Crippen LogP contribution >= 0.6 is 11.6 Å². The Morgan fingerprint density at radius 1 is 1.08 bits per heavy atom. The third kappa shape index (κ3) is 4.52. The molecule has 0 aliphatic rings. The molecule has 6 heteroatoms. The Labute approximate surface area is 157 Å². The molecule has 0 fully saturated rings. The van der Waals surface area contributed by atoms with Gasteiger partial charge < -0.3 is 15.4 Å². The van der Waals surface area contributed by atoms with Gasteiger partial charge in [0.25, 0.3) is 5.91 Å². The summed E-state index contributed by atoms with van der Waals surface area (Å²) in [5.74, 6) is 0.521. The highest BCUT2D eigenvalue weighted by atomic mass is 35.5. The van der Waals surface area contributed by atoms with Crippen LogP contribution in [0.4, 0.5) is 11.4 Å². The molecule has 3 rings (SSSR count). The second-order valence-electron chi connectivity index (χ2n) is 5.56. The normalized spacial score (nSPS) is 10.2. The molecule has 0 aliphatic carbocycles. The summed E-state index contributed by atoms with van der Waals surface area (Å²) < 4.78 is 5.14. The minimum atomic E-state index is -0.261. The molecule has 26 heavy (non-hydrogen) atoms. The first-order valence-electron chi connectivity index (χ1n) is 8.04. The van der Waals surface area contributed by atoms with Gasteiger partial charge in [0, 0.05) is 29.1 Å². The van der Waals surface area contributed by atoms with Crippen molar-refractivity contribution in [3.05, 3.63) is 83.1 Å². The van der Waals surface area contributed by atoms with Crippen molar-refractivity contribution < 1.29 is 9.53 Å². The maximum absolute atomic E-state index is 12.4. The molecular formula is C20H18ClN3O2. The van der Waals surface area contributed by atoms with Gasteiger partial charge in [-0.1, -0.05) is 29.8 Å². The number of amides is 1. The lowest BCUT2D eigenvalue weighted by Crippen LogP contribution is -2.24. The molecule has 0 atom stereocenters. The van der Waals surface area contributed by atoms with Crippen molar-refractivity contribution in [2.75, 3.05) is 12.4 Å². The van der Waals surface area contributed by atoms with Crippen molar-refractivity contribution in [2.24, 2.45) is 0 Å². The molecule has 0 spiro atoms. The molecule has 0 unspecified atom stereocenters. The highest BCUT2D eigenvalue weighted by Crippen LogP contribution is 2.20. The first-order chi connectivity index (χ1) is 12.7. The average Bonchev–Trinajstić information content (AvgIpc) is 2.68. The lowest BCUT2D eigenvalue weighted by atomic mass is 10.2. The third-order valence-corrected chi connectivity index (χ3v) is 4.14. The van der Waals surface area contributed by atoms with Gasteiger partial charge in [0.2, 0.25) is 0 Å². The molecule has 3 aromatic rings. The Bertz CT molecular complexity index is 898. The number of anilines is 2. The van der Waals surface area contributed by atoms with Gasteiger partial charge >= 0.3 is 0 Å². The van der Waals surface area contributed by atoms with Crippen LogP contribution in [0.3, 0.4) is 0 Å². The zero-order chi connectivity index (χ0) is 18.4. The minimum Gasteiger partial charge on any atom is -0.497 e. The molecule has 2 N–H and O–H groups in total. The summed E-state index contributed by atoms with van der Waals surface area (Å²) in [7, 11) is 1.62. The summed E-state index contributed by atoms with van der Waals surface area (Å²) in [6.07, 6.45) is 1.59. The molecule has 5 nitrogen and oxygen atoms in total. The van der Waals surface area contributed by atoms with E-state index in [0.717, 1.165) is 22.7 Å². The van der Waals surface area contributed by atoms with Gasteiger partial charge in [-0.2, -0.15) is 0 Å².